The van der Waals surface area contributed by atoms with Crippen LogP contribution in [0.15, 0.2) is 16.8 Å². The third-order valence-corrected chi connectivity index (χ3v) is 5.06. The van der Waals surface area contributed by atoms with Gasteiger partial charge in [-0.25, -0.2) is 9.97 Å². The van der Waals surface area contributed by atoms with Gasteiger partial charge in [-0.3, -0.25) is 5.41 Å². The second-order valence-corrected chi connectivity index (χ2v) is 6.40. The van der Waals surface area contributed by atoms with Gasteiger partial charge in [0.15, 0.2) is 0 Å². The molecule has 1 fully saturated rings. The molecule has 0 atom stereocenters. The van der Waals surface area contributed by atoms with Gasteiger partial charge >= 0.3 is 0 Å². The molecule has 0 amide bonds. The molecule has 1 saturated heterocycles. The summed E-state index contributed by atoms with van der Waals surface area (Å²) in [6.45, 7) is 5.18. The summed E-state index contributed by atoms with van der Waals surface area (Å²) in [7, 11) is 0. The molecule has 6 heteroatoms. The molecule has 1 aromatic rings. The van der Waals surface area contributed by atoms with Crippen molar-refractivity contribution in [2.24, 2.45) is 0 Å². The first-order valence-corrected chi connectivity index (χ1v) is 7.87. The van der Waals surface area contributed by atoms with Crippen LogP contribution in [0.25, 0.3) is 5.57 Å². The summed E-state index contributed by atoms with van der Waals surface area (Å²) in [4.78, 5) is 9.88. The molecule has 3 rings (SSSR count). The predicted molar refractivity (Wildman–Crippen MR) is 84.4 cm³/mol. The van der Waals surface area contributed by atoms with Gasteiger partial charge in [-0.1, -0.05) is 11.8 Å². The van der Waals surface area contributed by atoms with Crippen molar-refractivity contribution in [1.82, 2.24) is 9.97 Å². The first-order valence-electron chi connectivity index (χ1n) is 7.05. The van der Waals surface area contributed by atoms with Crippen LogP contribution in [-0.4, -0.2) is 33.9 Å². The van der Waals surface area contributed by atoms with E-state index in [-0.39, 0.29) is 0 Å². The van der Waals surface area contributed by atoms with Crippen molar-refractivity contribution < 1.29 is 4.74 Å². The topological polar surface area (TPSA) is 82.7 Å². The van der Waals surface area contributed by atoms with Gasteiger partial charge in [0.25, 0.3) is 0 Å². The molecule has 0 bridgehead atoms. The van der Waals surface area contributed by atoms with Crippen LogP contribution in [0.4, 0.5) is 0 Å². The molecule has 21 heavy (non-hydrogen) atoms. The summed E-state index contributed by atoms with van der Waals surface area (Å²) in [6.07, 6.45) is 3.54. The summed E-state index contributed by atoms with van der Waals surface area (Å²) in [6, 6.07) is 0. The lowest BCUT2D eigenvalue weighted by molar-refractivity contribution is 0.0839. The molecule has 2 N–H and O–H groups in total. The van der Waals surface area contributed by atoms with Gasteiger partial charge < -0.3 is 10.1 Å². The van der Waals surface area contributed by atoms with E-state index in [1.54, 1.807) is 13.3 Å². The van der Waals surface area contributed by atoms with Crippen LogP contribution in [-0.2, 0) is 4.74 Å². The Morgan fingerprint density at radius 3 is 2.67 bits per heavy atom. The van der Waals surface area contributed by atoms with Gasteiger partial charge in [-0.05, 0) is 32.3 Å². The predicted octanol–water partition coefficient (Wildman–Crippen LogP) is 3.27. The first kappa shape index (κ1) is 14.4. The summed E-state index contributed by atoms with van der Waals surface area (Å²) in [5.74, 6) is 0.386. The second kappa shape index (κ2) is 5.69. The van der Waals surface area contributed by atoms with Crippen molar-refractivity contribution in [3.8, 4) is 0 Å². The Labute approximate surface area is 128 Å². The summed E-state index contributed by atoms with van der Waals surface area (Å²) in [5.41, 5.74) is 3.96. The maximum absolute atomic E-state index is 8.24. The zero-order valence-electron chi connectivity index (χ0n) is 12.2. The number of allylic oxidation sites excluding steroid dienone is 1. The number of hydrogen-bond donors (Lipinski definition) is 2. The fourth-order valence-corrected chi connectivity index (χ4v) is 3.86. The normalized spacial score (nSPS) is 21.3. The van der Waals surface area contributed by atoms with Crippen LogP contribution in [0.3, 0.4) is 0 Å². The molecule has 0 saturated carbocycles. The van der Waals surface area contributed by atoms with E-state index in [4.69, 9.17) is 15.6 Å². The minimum atomic E-state index is 0.386. The third-order valence-electron chi connectivity index (χ3n) is 4.04. The molecule has 3 heterocycles. The van der Waals surface area contributed by atoms with Crippen molar-refractivity contribution in [2.45, 2.75) is 37.5 Å². The average Bonchev–Trinajstić information content (AvgIpc) is 2.83. The summed E-state index contributed by atoms with van der Waals surface area (Å²) < 4.78 is 5.42. The molecule has 2 aliphatic rings. The number of nitrogens with one attached hydrogen (secondary N) is 2. The van der Waals surface area contributed by atoms with E-state index in [2.05, 4.69) is 9.97 Å². The molecular formula is C15H18N4OS. The van der Waals surface area contributed by atoms with E-state index in [9.17, 15) is 0 Å². The minimum Gasteiger partial charge on any atom is -0.381 e. The molecule has 0 radical (unpaired) electrons. The highest BCUT2D eigenvalue weighted by molar-refractivity contribution is 8.15. The summed E-state index contributed by atoms with van der Waals surface area (Å²) in [5, 5.41) is 16.5. The van der Waals surface area contributed by atoms with Crippen LogP contribution in [0.5, 0.6) is 0 Å². The highest BCUT2D eigenvalue weighted by atomic mass is 32.2. The number of rotatable bonds is 2. The number of hydrogen-bond acceptors (Lipinski definition) is 6. The van der Waals surface area contributed by atoms with Crippen LogP contribution >= 0.6 is 11.8 Å². The van der Waals surface area contributed by atoms with E-state index in [1.807, 2.05) is 6.92 Å². The van der Waals surface area contributed by atoms with Gasteiger partial charge in [-0.15, -0.1) is 0 Å². The Bertz CT molecular complexity index is 647. The SMILES string of the molecule is CC(=N)/C(C)=C1\C(=N)Sc2c1ncnc2C1CCOCC1. The standard InChI is InChI=1S/C15H18N4OS/c1-8(9(2)16)11-13-14(21-15(11)17)12(18-7-19-13)10-3-5-20-6-4-10/h7,10,16-17H,3-6H2,1-2H3/b11-8-,16-9?,17-15?. The van der Waals surface area contributed by atoms with E-state index in [0.29, 0.717) is 16.7 Å². The van der Waals surface area contributed by atoms with Gasteiger partial charge in [0.05, 0.1) is 16.3 Å². The Morgan fingerprint density at radius 2 is 2.00 bits per heavy atom. The quantitative estimate of drug-likeness (QED) is 0.821. The van der Waals surface area contributed by atoms with Crippen LogP contribution in [0.1, 0.15) is 44.0 Å². The molecule has 0 spiro atoms. The van der Waals surface area contributed by atoms with Crippen LogP contribution in [0.2, 0.25) is 0 Å². The van der Waals surface area contributed by atoms with Crippen LogP contribution < -0.4 is 0 Å². The van der Waals surface area contributed by atoms with Gasteiger partial charge in [-0.2, -0.15) is 0 Å². The van der Waals surface area contributed by atoms with Crippen LogP contribution in [0, 0.1) is 10.8 Å². The molecule has 0 aromatic carbocycles. The lowest BCUT2D eigenvalue weighted by Gasteiger charge is -2.22. The van der Waals surface area contributed by atoms with Crippen molar-refractivity contribution in [2.75, 3.05) is 13.2 Å². The largest absolute Gasteiger partial charge is 0.381 e. The maximum Gasteiger partial charge on any atom is 0.116 e. The number of fused-ring (bicyclic) bond motifs is 1. The molecule has 2 aliphatic heterocycles. The summed E-state index contributed by atoms with van der Waals surface area (Å²) >= 11 is 1.43. The Balaban J connectivity index is 2.09. The van der Waals surface area contributed by atoms with Gasteiger partial charge in [0, 0.05) is 30.4 Å². The van der Waals surface area contributed by atoms with Crippen molar-refractivity contribution in [1.29, 1.82) is 10.8 Å². The number of nitrogens with zero attached hydrogens (tertiary/aromatic N) is 2. The van der Waals surface area contributed by atoms with E-state index < -0.39 is 0 Å². The maximum atomic E-state index is 8.24. The van der Waals surface area contributed by atoms with E-state index >= 15 is 0 Å². The monoisotopic (exact) mass is 302 g/mol. The molecule has 0 aliphatic carbocycles. The Kier molecular flexibility index (Phi) is 3.91. The zero-order valence-corrected chi connectivity index (χ0v) is 13.0. The lowest BCUT2D eigenvalue weighted by atomic mass is 9.94. The van der Waals surface area contributed by atoms with E-state index in [1.165, 1.54) is 11.8 Å². The zero-order chi connectivity index (χ0) is 15.0. The Hall–Kier alpha value is -1.53. The van der Waals surface area contributed by atoms with Gasteiger partial charge in [0.2, 0.25) is 0 Å². The Morgan fingerprint density at radius 1 is 1.29 bits per heavy atom. The number of thioether (sulfide) groups is 1. The fourth-order valence-electron chi connectivity index (χ4n) is 2.72. The molecule has 0 unspecified atom stereocenters. The molecule has 1 aromatic heterocycles. The van der Waals surface area contributed by atoms with Crippen molar-refractivity contribution >= 4 is 28.1 Å². The molecular weight excluding hydrogens is 284 g/mol. The third kappa shape index (κ3) is 2.53. The van der Waals surface area contributed by atoms with Gasteiger partial charge in [0.1, 0.15) is 11.4 Å². The fraction of sp³-hybridized carbons (Fsp3) is 0.467. The smallest absolute Gasteiger partial charge is 0.116 e. The highest BCUT2D eigenvalue weighted by Gasteiger charge is 2.32. The average molecular weight is 302 g/mol. The number of aromatic nitrogens is 2. The lowest BCUT2D eigenvalue weighted by Crippen LogP contribution is -2.16. The number of ether oxygens (including phenoxy) is 1. The van der Waals surface area contributed by atoms with E-state index in [0.717, 1.165) is 53.5 Å². The molecule has 5 nitrogen and oxygen atoms in total. The molecule has 110 valence electrons. The van der Waals surface area contributed by atoms with Crippen molar-refractivity contribution in [3.63, 3.8) is 0 Å². The minimum absolute atomic E-state index is 0.386. The second-order valence-electron chi connectivity index (χ2n) is 5.38. The first-order chi connectivity index (χ1) is 10.1. The van der Waals surface area contributed by atoms with Crippen molar-refractivity contribution in [3.05, 3.63) is 23.3 Å². The highest BCUT2D eigenvalue weighted by Crippen LogP contribution is 2.45.